The summed E-state index contributed by atoms with van der Waals surface area (Å²) in [5.74, 6) is -0.952. The van der Waals surface area contributed by atoms with Crippen LogP contribution in [0, 0.1) is 17.6 Å². The number of hydrogen-bond acceptors (Lipinski definition) is 4. The first-order valence-electron chi connectivity index (χ1n) is 9.25. The van der Waals surface area contributed by atoms with Gasteiger partial charge in [0.1, 0.15) is 11.6 Å². The number of benzene rings is 1. The Labute approximate surface area is 166 Å². The summed E-state index contributed by atoms with van der Waals surface area (Å²) in [5, 5.41) is 6.90. The van der Waals surface area contributed by atoms with Gasteiger partial charge in [-0.15, -0.1) is 0 Å². The van der Waals surface area contributed by atoms with Crippen LogP contribution in [0.5, 0.6) is 0 Å². The number of aromatic nitrogens is 3. The predicted octanol–water partition coefficient (Wildman–Crippen LogP) is 3.36. The number of nitrogen functional groups attached to an aromatic ring is 1. The number of nitrogens with one attached hydrogen (secondary N) is 1. The lowest BCUT2D eigenvalue weighted by Gasteiger charge is -2.18. The van der Waals surface area contributed by atoms with Crippen LogP contribution in [0.15, 0.2) is 48.8 Å². The smallest absolute Gasteiger partial charge is 0.323 e. The van der Waals surface area contributed by atoms with Crippen molar-refractivity contribution < 1.29 is 13.6 Å². The van der Waals surface area contributed by atoms with E-state index in [9.17, 15) is 13.6 Å². The zero-order chi connectivity index (χ0) is 20.4. The third-order valence-corrected chi connectivity index (χ3v) is 4.94. The van der Waals surface area contributed by atoms with Crippen LogP contribution in [0.25, 0.3) is 11.3 Å². The molecule has 1 aromatic carbocycles. The topological polar surface area (TPSA) is 89.1 Å². The Morgan fingerprint density at radius 3 is 2.90 bits per heavy atom. The Balaban J connectivity index is 1.45. The lowest BCUT2D eigenvalue weighted by atomic mass is 10.1. The molecular formula is C20H20F2N6O. The van der Waals surface area contributed by atoms with Crippen LogP contribution in [-0.4, -0.2) is 38.8 Å². The molecule has 0 aliphatic carbocycles. The summed E-state index contributed by atoms with van der Waals surface area (Å²) in [4.78, 5) is 18.6. The molecule has 3 aromatic rings. The molecule has 29 heavy (non-hydrogen) atoms. The van der Waals surface area contributed by atoms with Gasteiger partial charge in [-0.05, 0) is 42.7 Å². The van der Waals surface area contributed by atoms with Crippen LogP contribution in [0.1, 0.15) is 6.42 Å². The Morgan fingerprint density at radius 1 is 1.28 bits per heavy atom. The van der Waals surface area contributed by atoms with Crippen molar-refractivity contribution in [3.05, 3.63) is 60.4 Å². The van der Waals surface area contributed by atoms with Gasteiger partial charge in [-0.1, -0.05) is 0 Å². The second-order valence-electron chi connectivity index (χ2n) is 7.02. The van der Waals surface area contributed by atoms with Crippen LogP contribution in [0.4, 0.5) is 25.1 Å². The SMILES string of the molecule is Nc1ccc(-c2ccc(F)cc2F)nc1NC(=O)N1CCC(Cn2cccn2)C1. The Hall–Kier alpha value is -3.49. The average Bonchev–Trinajstić information content (AvgIpc) is 3.36. The standard InChI is InChI=1S/C20H20F2N6O/c21-14-2-3-15(16(22)10-14)18-5-4-17(23)19(25-18)26-20(29)27-9-6-13(11-27)12-28-8-1-7-24-28/h1-5,7-8,10,13H,6,9,11-12,23H2,(H,25,26,29). The van der Waals surface area contributed by atoms with E-state index in [0.29, 0.717) is 19.0 Å². The molecule has 4 rings (SSSR count). The molecule has 7 nitrogen and oxygen atoms in total. The fourth-order valence-electron chi connectivity index (χ4n) is 3.44. The first kappa shape index (κ1) is 18.9. The highest BCUT2D eigenvalue weighted by atomic mass is 19.1. The second kappa shape index (κ2) is 7.86. The fraction of sp³-hybridized carbons (Fsp3) is 0.250. The van der Waals surface area contributed by atoms with Crippen molar-refractivity contribution in [3.63, 3.8) is 0 Å². The maximum Gasteiger partial charge on any atom is 0.323 e. The molecule has 1 aliphatic rings. The molecule has 0 spiro atoms. The minimum absolute atomic E-state index is 0.127. The average molecular weight is 398 g/mol. The van der Waals surface area contributed by atoms with Crippen LogP contribution in [0.2, 0.25) is 0 Å². The normalized spacial score (nSPS) is 16.2. The Bertz CT molecular complexity index is 1020. The molecule has 150 valence electrons. The van der Waals surface area contributed by atoms with Crippen molar-refractivity contribution in [2.24, 2.45) is 5.92 Å². The molecule has 2 amide bonds. The van der Waals surface area contributed by atoms with Crippen molar-refractivity contribution >= 4 is 17.5 Å². The summed E-state index contributed by atoms with van der Waals surface area (Å²) in [5.41, 5.74) is 6.58. The monoisotopic (exact) mass is 398 g/mol. The molecule has 0 bridgehead atoms. The van der Waals surface area contributed by atoms with Gasteiger partial charge in [-0.25, -0.2) is 18.6 Å². The first-order chi connectivity index (χ1) is 14.0. The number of nitrogens with two attached hydrogens (primary N) is 1. The number of pyridine rings is 1. The van der Waals surface area contributed by atoms with Gasteiger partial charge in [0.2, 0.25) is 0 Å². The summed E-state index contributed by atoms with van der Waals surface area (Å²) >= 11 is 0. The number of rotatable bonds is 4. The van der Waals surface area contributed by atoms with Gasteiger partial charge >= 0.3 is 6.03 Å². The number of nitrogens with zero attached hydrogens (tertiary/aromatic N) is 4. The highest BCUT2D eigenvalue weighted by molar-refractivity contribution is 5.92. The van der Waals surface area contributed by atoms with Crippen LogP contribution in [-0.2, 0) is 6.54 Å². The molecule has 2 aromatic heterocycles. The molecule has 1 atom stereocenters. The molecular weight excluding hydrogens is 378 g/mol. The van der Waals surface area contributed by atoms with Crippen LogP contribution in [0.3, 0.4) is 0 Å². The van der Waals surface area contributed by atoms with Gasteiger partial charge in [0.25, 0.3) is 0 Å². The van der Waals surface area contributed by atoms with Gasteiger partial charge in [0.05, 0.1) is 11.4 Å². The number of carbonyl (C=O) groups is 1. The predicted molar refractivity (Wildman–Crippen MR) is 105 cm³/mol. The third-order valence-electron chi connectivity index (χ3n) is 4.94. The number of urea groups is 1. The van der Waals surface area contributed by atoms with E-state index in [-0.39, 0.29) is 28.8 Å². The molecule has 0 radical (unpaired) electrons. The molecule has 1 unspecified atom stereocenters. The molecule has 9 heteroatoms. The van der Waals surface area contributed by atoms with Gasteiger partial charge < -0.3 is 10.6 Å². The van der Waals surface area contributed by atoms with E-state index in [2.05, 4.69) is 15.4 Å². The summed E-state index contributed by atoms with van der Waals surface area (Å²) in [7, 11) is 0. The number of likely N-dealkylation sites (tertiary alicyclic amines) is 1. The van der Waals surface area contributed by atoms with Crippen LogP contribution >= 0.6 is 0 Å². The first-order valence-corrected chi connectivity index (χ1v) is 9.25. The highest BCUT2D eigenvalue weighted by Gasteiger charge is 2.27. The number of carbonyl (C=O) groups excluding carboxylic acids is 1. The largest absolute Gasteiger partial charge is 0.396 e. The molecule has 0 saturated carbocycles. The summed E-state index contributed by atoms with van der Waals surface area (Å²) < 4.78 is 29.1. The second-order valence-corrected chi connectivity index (χ2v) is 7.02. The Kier molecular flexibility index (Phi) is 5.11. The number of amides is 2. The molecule has 1 fully saturated rings. The number of hydrogen-bond donors (Lipinski definition) is 2. The van der Waals surface area contributed by atoms with Gasteiger partial charge in [-0.3, -0.25) is 10.00 Å². The van der Waals surface area contributed by atoms with Crippen molar-refractivity contribution in [1.29, 1.82) is 0 Å². The summed E-state index contributed by atoms with van der Waals surface area (Å²) in [6.07, 6.45) is 4.50. The van der Waals surface area contributed by atoms with E-state index < -0.39 is 11.6 Å². The third kappa shape index (κ3) is 4.18. The summed E-state index contributed by atoms with van der Waals surface area (Å²) in [6, 6.07) is 7.85. The maximum atomic E-state index is 14.1. The molecule has 3 heterocycles. The van der Waals surface area contributed by atoms with E-state index in [1.165, 1.54) is 18.2 Å². The van der Waals surface area contributed by atoms with Crippen LogP contribution < -0.4 is 11.1 Å². The van der Waals surface area contributed by atoms with Crippen molar-refractivity contribution in [2.45, 2.75) is 13.0 Å². The lowest BCUT2D eigenvalue weighted by Crippen LogP contribution is -2.34. The Morgan fingerprint density at radius 2 is 2.14 bits per heavy atom. The quantitative estimate of drug-likeness (QED) is 0.705. The van der Waals surface area contributed by atoms with Gasteiger partial charge in [0, 0.05) is 43.7 Å². The summed E-state index contributed by atoms with van der Waals surface area (Å²) in [6.45, 7) is 1.96. The zero-order valence-corrected chi connectivity index (χ0v) is 15.6. The minimum Gasteiger partial charge on any atom is -0.396 e. The fourth-order valence-corrected chi connectivity index (χ4v) is 3.44. The van der Waals surface area contributed by atoms with Crippen molar-refractivity contribution in [3.8, 4) is 11.3 Å². The van der Waals surface area contributed by atoms with E-state index in [4.69, 9.17) is 5.73 Å². The van der Waals surface area contributed by atoms with Gasteiger partial charge in [-0.2, -0.15) is 5.10 Å². The number of halogens is 2. The van der Waals surface area contributed by atoms with E-state index in [1.807, 2.05) is 16.9 Å². The van der Waals surface area contributed by atoms with Gasteiger partial charge in [0.15, 0.2) is 5.82 Å². The highest BCUT2D eigenvalue weighted by Crippen LogP contribution is 2.27. The van der Waals surface area contributed by atoms with E-state index in [1.54, 1.807) is 11.1 Å². The molecule has 1 saturated heterocycles. The number of anilines is 2. The van der Waals surface area contributed by atoms with E-state index >= 15 is 0 Å². The zero-order valence-electron chi connectivity index (χ0n) is 15.6. The molecule has 1 aliphatic heterocycles. The minimum atomic E-state index is -0.736. The van der Waals surface area contributed by atoms with E-state index in [0.717, 1.165) is 25.1 Å². The maximum absolute atomic E-state index is 14.1. The molecule has 3 N–H and O–H groups in total. The van der Waals surface area contributed by atoms with Crippen molar-refractivity contribution in [2.75, 3.05) is 24.1 Å². The lowest BCUT2D eigenvalue weighted by molar-refractivity contribution is 0.220. The van der Waals surface area contributed by atoms with Crippen molar-refractivity contribution in [1.82, 2.24) is 19.7 Å².